The van der Waals surface area contributed by atoms with E-state index >= 15 is 0 Å². The third-order valence-electron chi connectivity index (χ3n) is 6.67. The van der Waals surface area contributed by atoms with Crippen LogP contribution in [0.25, 0.3) is 0 Å². The van der Waals surface area contributed by atoms with E-state index in [1.807, 2.05) is 24.3 Å². The first-order valence-corrected chi connectivity index (χ1v) is 12.2. The van der Waals surface area contributed by atoms with Crippen LogP contribution in [0.15, 0.2) is 42.5 Å². The van der Waals surface area contributed by atoms with Gasteiger partial charge in [0.2, 0.25) is 5.91 Å². The molecule has 0 aromatic heterocycles. The summed E-state index contributed by atoms with van der Waals surface area (Å²) in [5, 5.41) is 3.05. The van der Waals surface area contributed by atoms with Gasteiger partial charge >= 0.3 is 0 Å². The molecule has 2 atom stereocenters. The van der Waals surface area contributed by atoms with Crippen molar-refractivity contribution in [2.24, 2.45) is 5.92 Å². The Morgan fingerprint density at radius 1 is 0.914 bits per heavy atom. The molecule has 1 N–H and O–H groups in total. The third-order valence-corrected chi connectivity index (χ3v) is 6.67. The largest absolute Gasteiger partial charge is 0.497 e. The molecule has 0 bridgehead atoms. The molecule has 2 aromatic rings. The topological polar surface area (TPSA) is 80.3 Å². The first kappa shape index (κ1) is 24.9. The van der Waals surface area contributed by atoms with Gasteiger partial charge in [-0.1, -0.05) is 0 Å². The third kappa shape index (κ3) is 6.06. The minimum Gasteiger partial charge on any atom is -0.497 e. The number of amides is 2. The van der Waals surface area contributed by atoms with Gasteiger partial charge in [-0.25, -0.2) is 0 Å². The van der Waals surface area contributed by atoms with E-state index in [-0.39, 0.29) is 29.9 Å². The van der Waals surface area contributed by atoms with Crippen molar-refractivity contribution in [2.75, 3.05) is 50.6 Å². The van der Waals surface area contributed by atoms with E-state index in [2.05, 4.69) is 24.1 Å². The van der Waals surface area contributed by atoms with Crippen LogP contribution in [0.4, 0.5) is 11.4 Å². The fraction of sp³-hybridized carbons (Fsp3) is 0.481. The molecule has 2 unspecified atom stereocenters. The average molecular weight is 482 g/mol. The van der Waals surface area contributed by atoms with Crippen molar-refractivity contribution in [3.8, 4) is 11.5 Å². The molecule has 188 valence electrons. The second-order valence-corrected chi connectivity index (χ2v) is 9.37. The molecule has 2 amide bonds. The van der Waals surface area contributed by atoms with Crippen LogP contribution in [0.1, 0.15) is 37.0 Å². The number of anilines is 2. The van der Waals surface area contributed by atoms with E-state index in [1.165, 1.54) is 0 Å². The number of carbonyl (C=O) groups excluding carboxylic acids is 2. The van der Waals surface area contributed by atoms with E-state index in [9.17, 15) is 9.59 Å². The number of piperidine rings is 1. The smallest absolute Gasteiger partial charge is 0.254 e. The summed E-state index contributed by atoms with van der Waals surface area (Å²) in [6.45, 7) is 6.95. The van der Waals surface area contributed by atoms with Crippen molar-refractivity contribution < 1.29 is 23.8 Å². The standard InChI is InChI=1S/C27H35N3O5/c1-18-16-30(17-19(2)35-18)23-7-5-22(6-8-23)28-26(31)20-9-11-29(12-10-20)27(32)21-13-24(33-3)15-25(14-21)34-4/h5-8,13-15,18-20H,9-12,16-17H2,1-4H3,(H,28,31). The molecule has 0 aliphatic carbocycles. The van der Waals surface area contributed by atoms with Gasteiger partial charge in [0.25, 0.3) is 5.91 Å². The molecule has 2 aliphatic heterocycles. The Morgan fingerprint density at radius 3 is 2.03 bits per heavy atom. The highest BCUT2D eigenvalue weighted by Gasteiger charge is 2.28. The highest BCUT2D eigenvalue weighted by Crippen LogP contribution is 2.27. The molecule has 0 spiro atoms. The van der Waals surface area contributed by atoms with Crippen LogP contribution in [0.3, 0.4) is 0 Å². The van der Waals surface area contributed by atoms with Gasteiger partial charge in [-0.15, -0.1) is 0 Å². The van der Waals surface area contributed by atoms with Crippen molar-refractivity contribution in [3.05, 3.63) is 48.0 Å². The Morgan fingerprint density at radius 2 is 1.49 bits per heavy atom. The first-order chi connectivity index (χ1) is 16.9. The summed E-state index contributed by atoms with van der Waals surface area (Å²) in [6.07, 6.45) is 1.64. The van der Waals surface area contributed by atoms with Gasteiger partial charge in [-0.3, -0.25) is 9.59 Å². The number of carbonyl (C=O) groups is 2. The van der Waals surface area contributed by atoms with Gasteiger partial charge in [0, 0.05) is 55.1 Å². The lowest BCUT2D eigenvalue weighted by molar-refractivity contribution is -0.121. The lowest BCUT2D eigenvalue weighted by atomic mass is 9.95. The summed E-state index contributed by atoms with van der Waals surface area (Å²) < 4.78 is 16.4. The number of nitrogens with one attached hydrogen (secondary N) is 1. The summed E-state index contributed by atoms with van der Waals surface area (Å²) in [5.74, 6) is 0.945. The molecule has 0 saturated carbocycles. The van der Waals surface area contributed by atoms with Crippen LogP contribution in [-0.2, 0) is 9.53 Å². The fourth-order valence-corrected chi connectivity index (χ4v) is 4.85. The maximum absolute atomic E-state index is 13.0. The van der Waals surface area contributed by atoms with Crippen molar-refractivity contribution in [3.63, 3.8) is 0 Å². The monoisotopic (exact) mass is 481 g/mol. The number of rotatable bonds is 6. The Hall–Kier alpha value is -3.26. The molecule has 2 saturated heterocycles. The van der Waals surface area contributed by atoms with Gasteiger partial charge in [0.1, 0.15) is 11.5 Å². The molecule has 2 fully saturated rings. The van der Waals surface area contributed by atoms with Crippen molar-refractivity contribution in [1.82, 2.24) is 4.90 Å². The molecule has 2 aromatic carbocycles. The molecular formula is C27H35N3O5. The van der Waals surface area contributed by atoms with Crippen LogP contribution in [0.5, 0.6) is 11.5 Å². The van der Waals surface area contributed by atoms with Crippen LogP contribution < -0.4 is 19.7 Å². The predicted octanol–water partition coefficient (Wildman–Crippen LogP) is 3.81. The van der Waals surface area contributed by atoms with Gasteiger partial charge in [0.05, 0.1) is 26.4 Å². The first-order valence-electron chi connectivity index (χ1n) is 12.2. The van der Waals surface area contributed by atoms with Gasteiger partial charge in [-0.05, 0) is 63.1 Å². The Bertz CT molecular complexity index is 1000. The van der Waals surface area contributed by atoms with Gasteiger partial charge < -0.3 is 29.3 Å². The SMILES string of the molecule is COc1cc(OC)cc(C(=O)N2CCC(C(=O)Nc3ccc(N4CC(C)OC(C)C4)cc3)CC2)c1. The molecule has 2 heterocycles. The van der Waals surface area contributed by atoms with Crippen molar-refractivity contribution in [1.29, 1.82) is 0 Å². The Kier molecular flexibility index (Phi) is 7.80. The fourth-order valence-electron chi connectivity index (χ4n) is 4.85. The summed E-state index contributed by atoms with van der Waals surface area (Å²) in [5.41, 5.74) is 2.44. The number of ether oxygens (including phenoxy) is 3. The van der Waals surface area contributed by atoms with Crippen LogP contribution in [-0.4, -0.2) is 69.3 Å². The highest BCUT2D eigenvalue weighted by molar-refractivity contribution is 5.96. The maximum atomic E-state index is 13.0. The van der Waals surface area contributed by atoms with E-state index in [0.717, 1.165) is 24.5 Å². The maximum Gasteiger partial charge on any atom is 0.254 e. The molecule has 35 heavy (non-hydrogen) atoms. The van der Waals surface area contributed by atoms with Crippen LogP contribution in [0.2, 0.25) is 0 Å². The van der Waals surface area contributed by atoms with E-state index < -0.39 is 0 Å². The number of hydrogen-bond acceptors (Lipinski definition) is 6. The van der Waals surface area contributed by atoms with Gasteiger partial charge in [0.15, 0.2) is 0 Å². The van der Waals surface area contributed by atoms with Crippen molar-refractivity contribution >= 4 is 23.2 Å². The number of hydrogen-bond donors (Lipinski definition) is 1. The number of likely N-dealkylation sites (tertiary alicyclic amines) is 1. The molecular weight excluding hydrogens is 446 g/mol. The lowest BCUT2D eigenvalue weighted by Crippen LogP contribution is -2.45. The summed E-state index contributed by atoms with van der Waals surface area (Å²) in [4.78, 5) is 30.0. The zero-order valence-electron chi connectivity index (χ0n) is 21.0. The molecule has 0 radical (unpaired) electrons. The van der Waals surface area contributed by atoms with E-state index in [0.29, 0.717) is 43.0 Å². The normalized spacial score (nSPS) is 20.9. The van der Waals surface area contributed by atoms with Crippen LogP contribution in [0, 0.1) is 5.92 Å². The zero-order chi connectivity index (χ0) is 24.9. The Balaban J connectivity index is 1.30. The number of benzene rings is 2. The Labute approximate surface area is 207 Å². The van der Waals surface area contributed by atoms with E-state index in [1.54, 1.807) is 37.3 Å². The summed E-state index contributed by atoms with van der Waals surface area (Å²) in [7, 11) is 3.12. The molecule has 8 nitrogen and oxygen atoms in total. The minimum atomic E-state index is -0.125. The number of morpholine rings is 1. The van der Waals surface area contributed by atoms with Gasteiger partial charge in [-0.2, -0.15) is 0 Å². The van der Waals surface area contributed by atoms with Crippen molar-refractivity contribution in [2.45, 2.75) is 38.9 Å². The predicted molar refractivity (Wildman–Crippen MR) is 135 cm³/mol. The summed E-state index contributed by atoms with van der Waals surface area (Å²) >= 11 is 0. The van der Waals surface area contributed by atoms with E-state index in [4.69, 9.17) is 14.2 Å². The number of nitrogens with zero attached hydrogens (tertiary/aromatic N) is 2. The molecule has 4 rings (SSSR count). The van der Waals surface area contributed by atoms with Crippen LogP contribution >= 0.6 is 0 Å². The quantitative estimate of drug-likeness (QED) is 0.676. The second kappa shape index (κ2) is 11.0. The minimum absolute atomic E-state index is 0.00140. The highest BCUT2D eigenvalue weighted by atomic mass is 16.5. The number of methoxy groups -OCH3 is 2. The second-order valence-electron chi connectivity index (χ2n) is 9.37. The molecule has 2 aliphatic rings. The lowest BCUT2D eigenvalue weighted by Gasteiger charge is -2.37. The molecule has 8 heteroatoms. The average Bonchev–Trinajstić information content (AvgIpc) is 2.87. The zero-order valence-corrected chi connectivity index (χ0v) is 21.0. The summed E-state index contributed by atoms with van der Waals surface area (Å²) in [6, 6.07) is 13.2.